The second-order valence-corrected chi connectivity index (χ2v) is 8.14. The molecule has 11 heteroatoms. The van der Waals surface area contributed by atoms with Gasteiger partial charge in [-0.05, 0) is 60.2 Å². The minimum atomic E-state index is -3.81. The summed E-state index contributed by atoms with van der Waals surface area (Å²) >= 11 is 5.25. The molecule has 1 heterocycles. The Balaban J connectivity index is 1.59. The van der Waals surface area contributed by atoms with Crippen molar-refractivity contribution in [3.63, 3.8) is 0 Å². The standard InChI is InChI=1S/C19H17N5O4S2/c25-17(26)12-13-2-4-14(5-3-13)22-19(29)23-15-6-8-16(9-7-15)30(27,28)24-18-20-10-1-11-21-18/h1-11H,12H2,(H,25,26)(H,20,21,24)(H2,22,23,29). The summed E-state index contributed by atoms with van der Waals surface area (Å²) in [7, 11) is -3.81. The number of carbonyl (C=O) groups is 1. The van der Waals surface area contributed by atoms with Gasteiger partial charge in [-0.25, -0.2) is 23.1 Å². The minimum absolute atomic E-state index is 0.0144. The van der Waals surface area contributed by atoms with Gasteiger partial charge < -0.3 is 15.7 Å². The Kier molecular flexibility index (Phi) is 6.54. The minimum Gasteiger partial charge on any atom is -0.481 e. The van der Waals surface area contributed by atoms with Crippen LogP contribution in [0.25, 0.3) is 0 Å². The molecule has 0 aliphatic heterocycles. The number of aliphatic carboxylic acids is 1. The molecule has 0 fully saturated rings. The van der Waals surface area contributed by atoms with Crippen LogP contribution in [0, 0.1) is 0 Å². The second kappa shape index (κ2) is 9.29. The van der Waals surface area contributed by atoms with E-state index in [1.807, 2.05) is 0 Å². The number of rotatable bonds is 7. The molecule has 154 valence electrons. The van der Waals surface area contributed by atoms with Gasteiger partial charge in [0.15, 0.2) is 5.11 Å². The topological polar surface area (TPSA) is 133 Å². The number of sulfonamides is 1. The number of nitrogens with one attached hydrogen (secondary N) is 3. The monoisotopic (exact) mass is 443 g/mol. The summed E-state index contributed by atoms with van der Waals surface area (Å²) in [5.41, 5.74) is 1.95. The Hall–Kier alpha value is -3.57. The van der Waals surface area contributed by atoms with Crippen molar-refractivity contribution < 1.29 is 18.3 Å². The third-order valence-electron chi connectivity index (χ3n) is 3.78. The highest BCUT2D eigenvalue weighted by atomic mass is 32.2. The van der Waals surface area contributed by atoms with Gasteiger partial charge in [0.2, 0.25) is 5.95 Å². The number of carboxylic acids is 1. The molecule has 0 aliphatic rings. The molecule has 0 amide bonds. The van der Waals surface area contributed by atoms with Crippen LogP contribution in [0.3, 0.4) is 0 Å². The molecule has 0 atom stereocenters. The maximum Gasteiger partial charge on any atom is 0.307 e. The molecule has 0 spiro atoms. The van der Waals surface area contributed by atoms with Crippen molar-refractivity contribution in [2.75, 3.05) is 15.4 Å². The average molecular weight is 444 g/mol. The number of thiocarbonyl (C=S) groups is 1. The van der Waals surface area contributed by atoms with Crippen LogP contribution in [0.5, 0.6) is 0 Å². The number of carboxylic acid groups (broad SMARTS) is 1. The summed E-state index contributed by atoms with van der Waals surface area (Å²) in [6.45, 7) is 0. The van der Waals surface area contributed by atoms with Gasteiger partial charge in [-0.1, -0.05) is 12.1 Å². The predicted octanol–water partition coefficient (Wildman–Crippen LogP) is 2.71. The Morgan fingerprint density at radius 2 is 1.47 bits per heavy atom. The van der Waals surface area contributed by atoms with Crippen LogP contribution in [-0.4, -0.2) is 34.6 Å². The summed E-state index contributed by atoms with van der Waals surface area (Å²) in [5.74, 6) is -0.913. The summed E-state index contributed by atoms with van der Waals surface area (Å²) < 4.78 is 27.1. The van der Waals surface area contributed by atoms with Gasteiger partial charge in [-0.15, -0.1) is 0 Å². The van der Waals surface area contributed by atoms with Crippen molar-refractivity contribution in [3.05, 3.63) is 72.6 Å². The SMILES string of the molecule is O=C(O)Cc1ccc(NC(=S)Nc2ccc(S(=O)(=O)Nc3ncccn3)cc2)cc1. The van der Waals surface area contributed by atoms with Crippen LogP contribution in [0.15, 0.2) is 71.9 Å². The van der Waals surface area contributed by atoms with E-state index in [9.17, 15) is 13.2 Å². The fraction of sp³-hybridized carbons (Fsp3) is 0.0526. The Labute approximate surface area is 178 Å². The van der Waals surface area contributed by atoms with Crippen molar-refractivity contribution in [2.24, 2.45) is 0 Å². The predicted molar refractivity (Wildman–Crippen MR) is 117 cm³/mol. The van der Waals surface area contributed by atoms with E-state index in [0.29, 0.717) is 22.1 Å². The lowest BCUT2D eigenvalue weighted by Gasteiger charge is -2.12. The number of aromatic nitrogens is 2. The zero-order chi connectivity index (χ0) is 21.6. The van der Waals surface area contributed by atoms with Crippen LogP contribution < -0.4 is 15.4 Å². The molecular formula is C19H17N5O4S2. The number of nitrogens with zero attached hydrogens (tertiary/aromatic N) is 2. The fourth-order valence-electron chi connectivity index (χ4n) is 2.42. The van der Waals surface area contributed by atoms with E-state index in [0.717, 1.165) is 0 Å². The Bertz CT molecular complexity index is 1140. The Morgan fingerprint density at radius 3 is 2.00 bits per heavy atom. The van der Waals surface area contributed by atoms with Crippen LogP contribution in [-0.2, 0) is 21.2 Å². The van der Waals surface area contributed by atoms with Crippen molar-refractivity contribution in [2.45, 2.75) is 11.3 Å². The number of benzene rings is 2. The van der Waals surface area contributed by atoms with E-state index in [1.54, 1.807) is 42.5 Å². The molecule has 4 N–H and O–H groups in total. The van der Waals surface area contributed by atoms with E-state index < -0.39 is 16.0 Å². The molecule has 0 bridgehead atoms. The highest BCUT2D eigenvalue weighted by molar-refractivity contribution is 7.92. The fourth-order valence-corrected chi connectivity index (χ4v) is 3.62. The van der Waals surface area contributed by atoms with E-state index in [1.165, 1.54) is 24.5 Å². The number of hydrogen-bond donors (Lipinski definition) is 4. The van der Waals surface area contributed by atoms with Gasteiger partial charge in [-0.3, -0.25) is 4.79 Å². The lowest BCUT2D eigenvalue weighted by atomic mass is 10.1. The lowest BCUT2D eigenvalue weighted by molar-refractivity contribution is -0.136. The summed E-state index contributed by atoms with van der Waals surface area (Å²) in [6, 6.07) is 14.4. The third kappa shape index (κ3) is 5.96. The number of hydrogen-bond acceptors (Lipinski definition) is 6. The molecule has 0 saturated carbocycles. The molecule has 2 aromatic carbocycles. The first kappa shape index (κ1) is 21.1. The highest BCUT2D eigenvalue weighted by Crippen LogP contribution is 2.17. The van der Waals surface area contributed by atoms with Crippen molar-refractivity contribution in [1.82, 2.24) is 9.97 Å². The van der Waals surface area contributed by atoms with Gasteiger partial charge in [0.05, 0.1) is 11.3 Å². The zero-order valence-corrected chi connectivity index (χ0v) is 17.1. The lowest BCUT2D eigenvalue weighted by Crippen LogP contribution is -2.19. The van der Waals surface area contributed by atoms with Gasteiger partial charge in [0.25, 0.3) is 10.0 Å². The smallest absolute Gasteiger partial charge is 0.307 e. The van der Waals surface area contributed by atoms with Gasteiger partial charge in [0, 0.05) is 23.8 Å². The normalized spacial score (nSPS) is 10.8. The first-order valence-corrected chi connectivity index (χ1v) is 10.5. The molecular weight excluding hydrogens is 426 g/mol. The van der Waals surface area contributed by atoms with E-state index >= 15 is 0 Å². The van der Waals surface area contributed by atoms with Crippen LogP contribution in [0.1, 0.15) is 5.56 Å². The number of anilines is 3. The molecule has 3 rings (SSSR count). The van der Waals surface area contributed by atoms with E-state index in [4.69, 9.17) is 17.3 Å². The quantitative estimate of drug-likeness (QED) is 0.407. The molecule has 0 aliphatic carbocycles. The van der Waals surface area contributed by atoms with Crippen molar-refractivity contribution in [3.8, 4) is 0 Å². The van der Waals surface area contributed by atoms with E-state index in [2.05, 4.69) is 25.3 Å². The molecule has 30 heavy (non-hydrogen) atoms. The molecule has 0 saturated heterocycles. The highest BCUT2D eigenvalue weighted by Gasteiger charge is 2.15. The summed E-state index contributed by atoms with van der Waals surface area (Å²) in [6.07, 6.45) is 2.82. The van der Waals surface area contributed by atoms with Gasteiger partial charge >= 0.3 is 5.97 Å². The second-order valence-electron chi connectivity index (χ2n) is 6.05. The summed E-state index contributed by atoms with van der Waals surface area (Å²) in [4.78, 5) is 18.4. The van der Waals surface area contributed by atoms with Crippen molar-refractivity contribution in [1.29, 1.82) is 0 Å². The van der Waals surface area contributed by atoms with Gasteiger partial charge in [0.1, 0.15) is 0 Å². The van der Waals surface area contributed by atoms with Crippen LogP contribution >= 0.6 is 12.2 Å². The molecule has 0 unspecified atom stereocenters. The largest absolute Gasteiger partial charge is 0.481 e. The van der Waals surface area contributed by atoms with Crippen LogP contribution in [0.2, 0.25) is 0 Å². The zero-order valence-electron chi connectivity index (χ0n) is 15.4. The summed E-state index contributed by atoms with van der Waals surface area (Å²) in [5, 5.41) is 15.0. The molecule has 0 radical (unpaired) electrons. The van der Waals surface area contributed by atoms with Crippen LogP contribution in [0.4, 0.5) is 17.3 Å². The first-order chi connectivity index (χ1) is 14.3. The Morgan fingerprint density at radius 1 is 0.933 bits per heavy atom. The molecule has 9 nitrogen and oxygen atoms in total. The van der Waals surface area contributed by atoms with Gasteiger partial charge in [-0.2, -0.15) is 0 Å². The average Bonchev–Trinajstić information content (AvgIpc) is 2.70. The maximum atomic E-state index is 12.4. The first-order valence-electron chi connectivity index (χ1n) is 8.60. The van der Waals surface area contributed by atoms with Crippen molar-refractivity contribution >= 4 is 50.6 Å². The molecule has 1 aromatic heterocycles. The van der Waals surface area contributed by atoms with E-state index in [-0.39, 0.29) is 17.3 Å². The third-order valence-corrected chi connectivity index (χ3v) is 5.33. The maximum absolute atomic E-state index is 12.4. The molecule has 3 aromatic rings.